The van der Waals surface area contributed by atoms with E-state index in [1.165, 1.54) is 32.4 Å². The number of likely N-dealkylation sites (tertiary alicyclic amines) is 1. The summed E-state index contributed by atoms with van der Waals surface area (Å²) in [5.74, 6) is 1.95. The second-order valence-electron chi connectivity index (χ2n) is 6.07. The number of rotatable bonds is 5. The minimum atomic E-state index is -3.27. The van der Waals surface area contributed by atoms with Gasteiger partial charge in [0.15, 0.2) is 0 Å². The van der Waals surface area contributed by atoms with Crippen LogP contribution in [0.15, 0.2) is 0 Å². The molecule has 0 unspecified atom stereocenters. The molecule has 18 heavy (non-hydrogen) atoms. The van der Waals surface area contributed by atoms with Crippen molar-refractivity contribution in [1.29, 1.82) is 0 Å². The second-order valence-corrected chi connectivity index (χ2v) is 7.71. The van der Waals surface area contributed by atoms with Crippen molar-refractivity contribution in [2.24, 2.45) is 17.8 Å². The second kappa shape index (κ2) is 5.88. The first-order valence-electron chi connectivity index (χ1n) is 7.01. The molecule has 0 spiro atoms. The summed E-state index contributed by atoms with van der Waals surface area (Å²) in [6.07, 6.45) is 6.08. The quantitative estimate of drug-likeness (QED) is 0.717. The van der Waals surface area contributed by atoms with E-state index in [-0.39, 0.29) is 0 Å². The number of hydrogen-bond donors (Lipinski definition) is 0. The van der Waals surface area contributed by atoms with Crippen molar-refractivity contribution in [2.45, 2.75) is 32.6 Å². The maximum Gasteiger partial charge on any atom is 0.264 e. The first-order valence-corrected chi connectivity index (χ1v) is 8.82. The third-order valence-corrected chi connectivity index (χ3v) is 5.00. The van der Waals surface area contributed by atoms with Crippen LogP contribution >= 0.6 is 0 Å². The summed E-state index contributed by atoms with van der Waals surface area (Å²) in [7, 11) is -3.27. The van der Waals surface area contributed by atoms with Crippen LogP contribution in [0.5, 0.6) is 0 Å². The van der Waals surface area contributed by atoms with Gasteiger partial charge in [-0.3, -0.25) is 4.18 Å². The van der Waals surface area contributed by atoms with Gasteiger partial charge in [-0.25, -0.2) is 0 Å². The minimum Gasteiger partial charge on any atom is -0.303 e. The van der Waals surface area contributed by atoms with Crippen LogP contribution in [-0.4, -0.2) is 45.8 Å². The van der Waals surface area contributed by atoms with Crippen LogP contribution in [0.25, 0.3) is 0 Å². The summed E-state index contributed by atoms with van der Waals surface area (Å²) in [5, 5.41) is 0. The van der Waals surface area contributed by atoms with Gasteiger partial charge >= 0.3 is 0 Å². The van der Waals surface area contributed by atoms with Crippen LogP contribution in [0.2, 0.25) is 0 Å². The fourth-order valence-electron chi connectivity index (χ4n) is 2.89. The van der Waals surface area contributed by atoms with Crippen LogP contribution in [0.1, 0.15) is 32.6 Å². The van der Waals surface area contributed by atoms with E-state index in [1.54, 1.807) is 0 Å². The molecule has 4 nitrogen and oxygen atoms in total. The van der Waals surface area contributed by atoms with Crippen molar-refractivity contribution in [3.8, 4) is 0 Å². The third-order valence-electron chi connectivity index (χ3n) is 4.44. The fourth-order valence-corrected chi connectivity index (χ4v) is 3.31. The van der Waals surface area contributed by atoms with Crippen LogP contribution in [-0.2, 0) is 14.3 Å². The molecule has 106 valence electrons. The lowest BCUT2D eigenvalue weighted by Crippen LogP contribution is -2.43. The minimum absolute atomic E-state index is 0.383. The Bertz CT molecular complexity index is 360. The van der Waals surface area contributed by atoms with E-state index in [2.05, 4.69) is 11.8 Å². The van der Waals surface area contributed by atoms with Crippen molar-refractivity contribution in [1.82, 2.24) is 4.90 Å². The Morgan fingerprint density at radius 2 is 1.72 bits per heavy atom. The van der Waals surface area contributed by atoms with Crippen molar-refractivity contribution in [3.05, 3.63) is 0 Å². The van der Waals surface area contributed by atoms with Gasteiger partial charge in [-0.05, 0) is 56.5 Å². The highest BCUT2D eigenvalue weighted by molar-refractivity contribution is 7.85. The molecule has 0 bridgehead atoms. The predicted octanol–water partition coefficient (Wildman–Crippen LogP) is 1.72. The first-order chi connectivity index (χ1) is 8.44. The molecule has 0 radical (unpaired) electrons. The summed E-state index contributed by atoms with van der Waals surface area (Å²) in [4.78, 5) is 2.54. The number of piperidine rings is 1. The lowest BCUT2D eigenvalue weighted by Gasteiger charge is -2.41. The molecule has 2 aliphatic rings. The first kappa shape index (κ1) is 14.3. The lowest BCUT2D eigenvalue weighted by molar-refractivity contribution is 0.0586. The Hall–Kier alpha value is -0.130. The van der Waals surface area contributed by atoms with Crippen LogP contribution in [0.4, 0.5) is 0 Å². The molecule has 5 heteroatoms. The fraction of sp³-hybridized carbons (Fsp3) is 1.00. The molecule has 2 atom stereocenters. The van der Waals surface area contributed by atoms with Crippen LogP contribution in [0.3, 0.4) is 0 Å². The van der Waals surface area contributed by atoms with Gasteiger partial charge in [-0.1, -0.05) is 6.92 Å². The van der Waals surface area contributed by atoms with Gasteiger partial charge in [-0.2, -0.15) is 8.42 Å². The van der Waals surface area contributed by atoms with Gasteiger partial charge in [0.05, 0.1) is 12.9 Å². The maximum atomic E-state index is 11.0. The standard InChI is InChI=1S/C13H25NO3S/c1-11-5-7-14(8-6-11)9-12-3-4-13(12)10-17-18(2,15)16/h11-13H,3-10H2,1-2H3/t12-,13+/m1/s1. The lowest BCUT2D eigenvalue weighted by atomic mass is 9.73. The molecule has 0 aromatic rings. The van der Waals surface area contributed by atoms with Gasteiger partial charge in [0.25, 0.3) is 10.1 Å². The molecule has 0 aromatic heterocycles. The highest BCUT2D eigenvalue weighted by Gasteiger charge is 2.33. The van der Waals surface area contributed by atoms with E-state index >= 15 is 0 Å². The number of nitrogens with zero attached hydrogens (tertiary/aromatic N) is 1. The monoisotopic (exact) mass is 275 g/mol. The van der Waals surface area contributed by atoms with E-state index in [9.17, 15) is 8.42 Å². The van der Waals surface area contributed by atoms with Gasteiger partial charge in [0, 0.05) is 6.54 Å². The van der Waals surface area contributed by atoms with Gasteiger partial charge in [0.1, 0.15) is 0 Å². The Balaban J connectivity index is 1.70. The average Bonchev–Trinajstić information content (AvgIpc) is 2.25. The molecule has 2 fully saturated rings. The molecule has 1 heterocycles. The zero-order valence-electron chi connectivity index (χ0n) is 11.5. The number of hydrogen-bond acceptors (Lipinski definition) is 4. The average molecular weight is 275 g/mol. The van der Waals surface area contributed by atoms with E-state index in [0.717, 1.165) is 25.1 Å². The molecule has 1 saturated carbocycles. The molecule has 0 amide bonds. The Morgan fingerprint density at radius 1 is 1.11 bits per heavy atom. The topological polar surface area (TPSA) is 46.6 Å². The molecule has 0 aromatic carbocycles. The largest absolute Gasteiger partial charge is 0.303 e. The Morgan fingerprint density at radius 3 is 2.22 bits per heavy atom. The third kappa shape index (κ3) is 4.21. The zero-order chi connectivity index (χ0) is 13.2. The van der Waals surface area contributed by atoms with Crippen molar-refractivity contribution in [3.63, 3.8) is 0 Å². The van der Waals surface area contributed by atoms with Crippen LogP contribution < -0.4 is 0 Å². The van der Waals surface area contributed by atoms with E-state index in [1.807, 2.05) is 0 Å². The molecule has 2 rings (SSSR count). The molecular formula is C13H25NO3S. The molecular weight excluding hydrogens is 250 g/mol. The molecule has 1 aliphatic heterocycles. The normalized spacial score (nSPS) is 31.2. The summed E-state index contributed by atoms with van der Waals surface area (Å²) in [6, 6.07) is 0. The maximum absolute atomic E-state index is 11.0. The summed E-state index contributed by atoms with van der Waals surface area (Å²) in [6.45, 7) is 6.25. The van der Waals surface area contributed by atoms with E-state index < -0.39 is 10.1 Å². The zero-order valence-corrected chi connectivity index (χ0v) is 12.3. The Kier molecular flexibility index (Phi) is 4.67. The molecule has 1 aliphatic carbocycles. The summed E-state index contributed by atoms with van der Waals surface area (Å²) < 4.78 is 26.9. The van der Waals surface area contributed by atoms with Crippen molar-refractivity contribution < 1.29 is 12.6 Å². The predicted molar refractivity (Wildman–Crippen MR) is 71.8 cm³/mol. The van der Waals surface area contributed by atoms with Gasteiger partial charge < -0.3 is 4.90 Å². The summed E-state index contributed by atoms with van der Waals surface area (Å²) >= 11 is 0. The van der Waals surface area contributed by atoms with Crippen molar-refractivity contribution >= 4 is 10.1 Å². The summed E-state index contributed by atoms with van der Waals surface area (Å²) in [5.41, 5.74) is 0. The van der Waals surface area contributed by atoms with Gasteiger partial charge in [0.2, 0.25) is 0 Å². The van der Waals surface area contributed by atoms with E-state index in [4.69, 9.17) is 4.18 Å². The molecule has 1 saturated heterocycles. The molecule has 0 N–H and O–H groups in total. The smallest absolute Gasteiger partial charge is 0.264 e. The van der Waals surface area contributed by atoms with Crippen LogP contribution in [0, 0.1) is 17.8 Å². The van der Waals surface area contributed by atoms with Crippen molar-refractivity contribution in [2.75, 3.05) is 32.5 Å². The Labute approximate surface area is 111 Å². The highest BCUT2D eigenvalue weighted by atomic mass is 32.2. The highest BCUT2D eigenvalue weighted by Crippen LogP contribution is 2.36. The van der Waals surface area contributed by atoms with Gasteiger partial charge in [-0.15, -0.1) is 0 Å². The van der Waals surface area contributed by atoms with E-state index in [0.29, 0.717) is 18.4 Å². The SMILES string of the molecule is CC1CCN(C[C@H]2CC[C@H]2COS(C)(=O)=O)CC1.